The Kier molecular flexibility index (Phi) is 9.07. The van der Waals surface area contributed by atoms with E-state index in [1.54, 1.807) is 20.8 Å². The lowest BCUT2D eigenvalue weighted by molar-refractivity contribution is -0.171. The summed E-state index contributed by atoms with van der Waals surface area (Å²) in [6.45, 7) is 17.2. The highest BCUT2D eigenvalue weighted by atomic mass is 16.7. The Morgan fingerprint density at radius 1 is 1.00 bits per heavy atom. The predicted octanol–water partition coefficient (Wildman–Crippen LogP) is 6.55. The van der Waals surface area contributed by atoms with Gasteiger partial charge >= 0.3 is 18.0 Å². The molecule has 0 unspecified atom stereocenters. The van der Waals surface area contributed by atoms with Gasteiger partial charge in [0.2, 0.25) is 12.7 Å². The third kappa shape index (κ3) is 5.92. The molecule has 6 atom stereocenters. The maximum absolute atomic E-state index is 14.0. The van der Waals surface area contributed by atoms with Crippen LogP contribution in [0.5, 0.6) is 0 Å². The van der Waals surface area contributed by atoms with Gasteiger partial charge in [0.05, 0.1) is 5.41 Å². The minimum absolute atomic E-state index is 0.0261. The van der Waals surface area contributed by atoms with Crippen molar-refractivity contribution >= 4 is 23.9 Å². The van der Waals surface area contributed by atoms with Crippen LogP contribution in [0, 0.1) is 39.9 Å². The van der Waals surface area contributed by atoms with Crippen LogP contribution in [0.2, 0.25) is 0 Å². The molecule has 0 bridgehead atoms. The maximum atomic E-state index is 14.0. The van der Waals surface area contributed by atoms with Crippen LogP contribution in [0.1, 0.15) is 107 Å². The summed E-state index contributed by atoms with van der Waals surface area (Å²) in [6, 6.07) is -0.523. The SMILES string of the molecule is CC(C)NC(=O)N(C(=O)[C@H]1CC[C@H]2[C@@H]3CC=C4C=C(C(=O)OCOC(=O)C(C)(C)C)CC[C@]4(C)[C@H]3CC[C@]12C)C(C)C. The fourth-order valence-electron chi connectivity index (χ4n) is 8.41. The number of carbonyl (C=O) groups excluding carboxylic acids is 4. The topological polar surface area (TPSA) is 102 Å². The minimum atomic E-state index is -0.652. The first-order valence-electron chi connectivity index (χ1n) is 15.9. The van der Waals surface area contributed by atoms with Gasteiger partial charge in [-0.3, -0.25) is 14.5 Å². The minimum Gasteiger partial charge on any atom is -0.427 e. The van der Waals surface area contributed by atoms with E-state index >= 15 is 0 Å². The quantitative estimate of drug-likeness (QED) is 0.281. The van der Waals surface area contributed by atoms with Gasteiger partial charge in [0.15, 0.2) is 0 Å². The van der Waals surface area contributed by atoms with E-state index in [2.05, 4.69) is 25.2 Å². The summed E-state index contributed by atoms with van der Waals surface area (Å²) in [5.74, 6) is 0.379. The van der Waals surface area contributed by atoms with Gasteiger partial charge < -0.3 is 14.8 Å². The van der Waals surface area contributed by atoms with Crippen molar-refractivity contribution < 1.29 is 28.7 Å². The monoisotopic (exact) mass is 584 g/mol. The highest BCUT2D eigenvalue weighted by molar-refractivity contribution is 5.96. The number of allylic oxidation sites excluding steroid dienone is 3. The highest BCUT2D eigenvalue weighted by Gasteiger charge is 2.60. The molecular weight excluding hydrogens is 532 g/mol. The van der Waals surface area contributed by atoms with Crippen molar-refractivity contribution in [2.75, 3.05) is 6.79 Å². The van der Waals surface area contributed by atoms with Gasteiger partial charge in [-0.25, -0.2) is 9.59 Å². The zero-order valence-electron chi connectivity index (χ0n) is 27.2. The number of rotatable bonds is 6. The molecule has 0 heterocycles. The van der Waals surface area contributed by atoms with Crippen molar-refractivity contribution in [2.45, 2.75) is 119 Å². The molecule has 0 aromatic carbocycles. The normalized spacial score (nSPS) is 32.2. The molecule has 4 aliphatic rings. The Morgan fingerprint density at radius 2 is 1.69 bits per heavy atom. The van der Waals surface area contributed by atoms with Gasteiger partial charge in [0.25, 0.3) is 0 Å². The first kappa shape index (κ1) is 32.3. The fraction of sp³-hybridized carbons (Fsp3) is 0.765. The summed E-state index contributed by atoms with van der Waals surface area (Å²) in [7, 11) is 0. The average Bonchev–Trinajstić information content (AvgIpc) is 3.24. The molecule has 0 spiro atoms. The van der Waals surface area contributed by atoms with Gasteiger partial charge in [0, 0.05) is 23.6 Å². The zero-order chi connectivity index (χ0) is 31.2. The van der Waals surface area contributed by atoms with Crippen LogP contribution < -0.4 is 5.32 Å². The molecule has 42 heavy (non-hydrogen) atoms. The Morgan fingerprint density at radius 3 is 2.31 bits per heavy atom. The Bertz CT molecular complexity index is 1160. The molecule has 0 aromatic rings. The Balaban J connectivity index is 1.48. The molecule has 4 aliphatic carbocycles. The molecule has 4 rings (SSSR count). The fourth-order valence-corrected chi connectivity index (χ4v) is 8.41. The van der Waals surface area contributed by atoms with E-state index in [0.29, 0.717) is 29.7 Å². The summed E-state index contributed by atoms with van der Waals surface area (Å²) >= 11 is 0. The average molecular weight is 585 g/mol. The van der Waals surface area contributed by atoms with Gasteiger partial charge in [0.1, 0.15) is 0 Å². The number of urea groups is 1. The van der Waals surface area contributed by atoms with Crippen molar-refractivity contribution in [1.29, 1.82) is 0 Å². The molecule has 2 fully saturated rings. The lowest BCUT2D eigenvalue weighted by Crippen LogP contribution is -2.55. The van der Waals surface area contributed by atoms with E-state index in [1.807, 2.05) is 33.8 Å². The standard InChI is InChI=1S/C34H52N2O6/c1-20(2)35-31(40)36(21(3)4)28(37)27-13-12-25-24-11-10-23-18-22(29(38)41-19-42-30(39)32(5,6)7)14-16-33(23,8)26(24)15-17-34(25,27)9/h10,18,20-21,24-27H,11-17,19H2,1-9H3,(H,35,40)/t24-,25-,26-,27+,33-,34-/m0/s1. The van der Waals surface area contributed by atoms with Crippen molar-refractivity contribution in [2.24, 2.45) is 39.9 Å². The van der Waals surface area contributed by atoms with Crippen molar-refractivity contribution in [1.82, 2.24) is 10.2 Å². The molecular formula is C34H52N2O6. The van der Waals surface area contributed by atoms with Crippen molar-refractivity contribution in [3.05, 3.63) is 23.3 Å². The van der Waals surface area contributed by atoms with E-state index in [9.17, 15) is 19.2 Å². The Labute approximate surface area is 252 Å². The Hall–Kier alpha value is -2.64. The first-order chi connectivity index (χ1) is 19.5. The molecule has 2 saturated carbocycles. The smallest absolute Gasteiger partial charge is 0.336 e. The summed E-state index contributed by atoms with van der Waals surface area (Å²) in [5.41, 5.74) is 1.02. The molecule has 0 aromatic heterocycles. The van der Waals surface area contributed by atoms with Crippen LogP contribution in [-0.2, 0) is 23.9 Å². The summed E-state index contributed by atoms with van der Waals surface area (Å²) in [5, 5.41) is 2.93. The first-order valence-corrected chi connectivity index (χ1v) is 15.9. The number of carbonyl (C=O) groups is 4. The van der Waals surface area contributed by atoms with E-state index in [0.717, 1.165) is 38.5 Å². The third-order valence-electron chi connectivity index (χ3n) is 10.7. The molecule has 234 valence electrons. The highest BCUT2D eigenvalue weighted by Crippen LogP contribution is 2.66. The lowest BCUT2D eigenvalue weighted by Gasteiger charge is -2.57. The maximum Gasteiger partial charge on any atom is 0.336 e. The second kappa shape index (κ2) is 11.8. The van der Waals surface area contributed by atoms with Crippen LogP contribution in [0.15, 0.2) is 23.3 Å². The number of hydrogen-bond donors (Lipinski definition) is 1. The van der Waals surface area contributed by atoms with Crippen molar-refractivity contribution in [3.8, 4) is 0 Å². The number of amides is 3. The van der Waals surface area contributed by atoms with Crippen LogP contribution in [0.25, 0.3) is 0 Å². The molecule has 0 radical (unpaired) electrons. The van der Waals surface area contributed by atoms with Crippen molar-refractivity contribution in [3.63, 3.8) is 0 Å². The van der Waals surface area contributed by atoms with Gasteiger partial charge in [-0.2, -0.15) is 0 Å². The predicted molar refractivity (Wildman–Crippen MR) is 161 cm³/mol. The molecule has 0 saturated heterocycles. The number of nitrogens with zero attached hydrogens (tertiary/aromatic N) is 1. The van der Waals surface area contributed by atoms with Crippen LogP contribution in [-0.4, -0.2) is 47.7 Å². The number of esters is 2. The van der Waals surface area contributed by atoms with E-state index in [1.165, 1.54) is 10.5 Å². The number of imide groups is 1. The van der Waals surface area contributed by atoms with Crippen LogP contribution in [0.4, 0.5) is 4.79 Å². The molecule has 8 heteroatoms. The van der Waals surface area contributed by atoms with Crippen LogP contribution >= 0.6 is 0 Å². The largest absolute Gasteiger partial charge is 0.427 e. The molecule has 3 amide bonds. The molecule has 1 N–H and O–H groups in total. The molecule has 8 nitrogen and oxygen atoms in total. The van der Waals surface area contributed by atoms with E-state index in [-0.39, 0.29) is 47.6 Å². The summed E-state index contributed by atoms with van der Waals surface area (Å²) in [6.07, 6.45) is 10.6. The van der Waals surface area contributed by atoms with Crippen LogP contribution in [0.3, 0.4) is 0 Å². The third-order valence-corrected chi connectivity index (χ3v) is 10.7. The van der Waals surface area contributed by atoms with E-state index in [4.69, 9.17) is 9.47 Å². The number of fused-ring (bicyclic) bond motifs is 5. The van der Waals surface area contributed by atoms with Gasteiger partial charge in [-0.05, 0) is 134 Å². The number of hydrogen-bond acceptors (Lipinski definition) is 6. The number of ether oxygens (including phenoxy) is 2. The van der Waals surface area contributed by atoms with Gasteiger partial charge in [-0.1, -0.05) is 19.9 Å². The summed E-state index contributed by atoms with van der Waals surface area (Å²) < 4.78 is 10.4. The summed E-state index contributed by atoms with van der Waals surface area (Å²) in [4.78, 5) is 53.2. The van der Waals surface area contributed by atoms with E-state index < -0.39 is 17.4 Å². The van der Waals surface area contributed by atoms with Gasteiger partial charge in [-0.15, -0.1) is 0 Å². The zero-order valence-corrected chi connectivity index (χ0v) is 27.2. The second-order valence-electron chi connectivity index (χ2n) is 15.2. The second-order valence-corrected chi connectivity index (χ2v) is 15.2. The number of nitrogens with one attached hydrogen (secondary N) is 1. The lowest BCUT2D eigenvalue weighted by atomic mass is 9.48. The molecule has 0 aliphatic heterocycles.